The van der Waals surface area contributed by atoms with E-state index in [9.17, 15) is 4.79 Å². The van der Waals surface area contributed by atoms with Crippen LogP contribution in [0.2, 0.25) is 0 Å². The van der Waals surface area contributed by atoms with Crippen molar-refractivity contribution in [3.8, 4) is 0 Å². The highest BCUT2D eigenvalue weighted by atomic mass is 31.2. The summed E-state index contributed by atoms with van der Waals surface area (Å²) in [6.07, 6.45) is 0. The predicted molar refractivity (Wildman–Crippen MR) is 36.6 cm³/mol. The molecule has 0 saturated carbocycles. The van der Waals surface area contributed by atoms with Gasteiger partial charge in [0.2, 0.25) is 0 Å². The second-order valence-corrected chi connectivity index (χ2v) is 3.66. The molecule has 0 aromatic rings. The first-order chi connectivity index (χ1) is 4.94. The third-order valence-corrected chi connectivity index (χ3v) is 0.579. The standard InChI is InChI=1S/C4H9NO2.H3O4P/c1-4(2,5)3(6)7;1-5(2,3)4/h5H2,1-2H3,(H,6,7);(H3,1,2,3,4). The summed E-state index contributed by atoms with van der Waals surface area (Å²) < 4.78 is 8.77. The second kappa shape index (κ2) is 4.54. The maximum atomic E-state index is 9.96. The zero-order valence-electron chi connectivity index (χ0n) is 6.72. The Morgan fingerprint density at radius 1 is 1.50 bits per heavy atom. The van der Waals surface area contributed by atoms with E-state index in [0.29, 0.717) is 0 Å². The van der Waals surface area contributed by atoms with Crippen LogP contribution in [0.3, 0.4) is 0 Å². The Morgan fingerprint density at radius 2 is 1.58 bits per heavy atom. The zero-order chi connectivity index (χ0) is 10.6. The molecule has 0 spiro atoms. The highest BCUT2D eigenvalue weighted by Gasteiger charge is 2.24. The topological polar surface area (TPSA) is 146 Å². The summed E-state index contributed by atoms with van der Waals surface area (Å²) in [5.41, 5.74) is 2.54. The largest absolute Gasteiger partial charge is 0.756 e. The van der Waals surface area contributed by atoms with Gasteiger partial charge in [-0.2, -0.15) is 0 Å². The van der Waals surface area contributed by atoms with Crippen LogP contribution in [0.15, 0.2) is 0 Å². The first kappa shape index (κ1) is 14.1. The van der Waals surface area contributed by atoms with Crippen molar-refractivity contribution in [1.82, 2.24) is 0 Å². The van der Waals surface area contributed by atoms with Crippen LogP contribution in [-0.4, -0.2) is 26.4 Å². The molecule has 74 valence electrons. The maximum absolute atomic E-state index is 9.96. The van der Waals surface area contributed by atoms with Crippen molar-refractivity contribution in [2.24, 2.45) is 0 Å². The van der Waals surface area contributed by atoms with Gasteiger partial charge in [-0.3, -0.25) is 4.57 Å². The van der Waals surface area contributed by atoms with E-state index in [1.807, 2.05) is 0 Å². The van der Waals surface area contributed by atoms with Gasteiger partial charge in [0.05, 0.1) is 0 Å². The minimum Gasteiger partial charge on any atom is -0.756 e. The van der Waals surface area contributed by atoms with Gasteiger partial charge in [0.15, 0.2) is 5.54 Å². The first-order valence-electron chi connectivity index (χ1n) is 2.80. The van der Waals surface area contributed by atoms with Gasteiger partial charge in [0.1, 0.15) is 0 Å². The summed E-state index contributed by atoms with van der Waals surface area (Å²) in [6.45, 7) is 3.10. The molecule has 0 aromatic heterocycles. The molecular formula is C4H12NO6P. The van der Waals surface area contributed by atoms with E-state index >= 15 is 0 Å². The molecule has 0 radical (unpaired) electrons. The van der Waals surface area contributed by atoms with Crippen LogP contribution in [0.1, 0.15) is 13.8 Å². The van der Waals surface area contributed by atoms with E-state index in [-0.39, 0.29) is 0 Å². The summed E-state index contributed by atoms with van der Waals surface area (Å²) in [5, 5.41) is 8.19. The number of hydrogen-bond acceptors (Lipinski definition) is 3. The smallest absolute Gasteiger partial charge is 0.364 e. The lowest BCUT2D eigenvalue weighted by molar-refractivity contribution is -0.450. The van der Waals surface area contributed by atoms with Gasteiger partial charge in [0.25, 0.3) is 7.82 Å². The molecule has 0 unspecified atom stereocenters. The molecule has 0 aromatic carbocycles. The molecule has 0 fully saturated rings. The third kappa shape index (κ3) is 22.7. The fourth-order valence-corrected chi connectivity index (χ4v) is 0. The fraction of sp³-hybridized carbons (Fsp3) is 0.750. The molecule has 12 heavy (non-hydrogen) atoms. The third-order valence-electron chi connectivity index (χ3n) is 0.579. The van der Waals surface area contributed by atoms with Gasteiger partial charge >= 0.3 is 5.97 Å². The number of hydrogen-bond donors (Lipinski definition) is 4. The van der Waals surface area contributed by atoms with E-state index in [2.05, 4.69) is 5.73 Å². The summed E-state index contributed by atoms with van der Waals surface area (Å²) in [6, 6.07) is 0. The van der Waals surface area contributed by atoms with Crippen molar-refractivity contribution in [3.05, 3.63) is 0 Å². The monoisotopic (exact) mass is 201 g/mol. The van der Waals surface area contributed by atoms with Gasteiger partial charge in [-0.05, 0) is 0 Å². The Bertz CT molecular complexity index is 182. The number of quaternary nitrogens is 1. The Morgan fingerprint density at radius 3 is 1.58 bits per heavy atom. The van der Waals surface area contributed by atoms with Crippen molar-refractivity contribution < 1.29 is 34.9 Å². The van der Waals surface area contributed by atoms with Crippen molar-refractivity contribution >= 4 is 13.8 Å². The average molecular weight is 201 g/mol. The van der Waals surface area contributed by atoms with Crippen LogP contribution in [0, 0.1) is 0 Å². The molecule has 7 nitrogen and oxygen atoms in total. The molecule has 0 heterocycles. The molecular weight excluding hydrogens is 189 g/mol. The molecule has 0 amide bonds. The number of carboxylic acids is 1. The fourth-order valence-electron chi connectivity index (χ4n) is 0. The van der Waals surface area contributed by atoms with Crippen LogP contribution >= 0.6 is 7.82 Å². The highest BCUT2D eigenvalue weighted by molar-refractivity contribution is 7.43. The highest BCUT2D eigenvalue weighted by Crippen LogP contribution is 2.18. The van der Waals surface area contributed by atoms with Gasteiger partial charge in [-0.1, -0.05) is 0 Å². The van der Waals surface area contributed by atoms with Crippen molar-refractivity contribution in [2.45, 2.75) is 19.4 Å². The molecule has 0 aliphatic heterocycles. The van der Waals surface area contributed by atoms with Gasteiger partial charge in [-0.25, -0.2) is 4.79 Å². The molecule has 0 aliphatic carbocycles. The molecule has 6 N–H and O–H groups in total. The lowest BCUT2D eigenvalue weighted by Gasteiger charge is -2.04. The van der Waals surface area contributed by atoms with Gasteiger partial charge in [-0.15, -0.1) is 0 Å². The Hall–Kier alpha value is -0.460. The summed E-state index contributed by atoms with van der Waals surface area (Å²) >= 11 is 0. The van der Waals surface area contributed by atoms with Crippen LogP contribution in [-0.2, 0) is 9.36 Å². The number of aliphatic carboxylic acids is 1. The lowest BCUT2D eigenvalue weighted by atomic mass is 10.1. The number of carbonyl (C=O) groups is 1. The zero-order valence-corrected chi connectivity index (χ0v) is 7.62. The predicted octanol–water partition coefficient (Wildman–Crippen LogP) is -2.47. The molecule has 0 bridgehead atoms. The average Bonchev–Trinajstić information content (AvgIpc) is 1.55. The molecule has 8 heteroatoms. The van der Waals surface area contributed by atoms with Crippen molar-refractivity contribution in [3.63, 3.8) is 0 Å². The molecule has 0 saturated heterocycles. The van der Waals surface area contributed by atoms with Crippen LogP contribution in [0.5, 0.6) is 0 Å². The summed E-state index contributed by atoms with van der Waals surface area (Å²) in [7, 11) is -4.89. The van der Waals surface area contributed by atoms with Crippen LogP contribution in [0.4, 0.5) is 0 Å². The second-order valence-electron chi connectivity index (χ2n) is 2.68. The molecule has 0 aliphatic rings. The van der Waals surface area contributed by atoms with E-state index in [4.69, 9.17) is 24.4 Å². The summed E-state index contributed by atoms with van der Waals surface area (Å²) in [4.78, 5) is 32.9. The van der Waals surface area contributed by atoms with Gasteiger partial charge < -0.3 is 25.5 Å². The van der Waals surface area contributed by atoms with E-state index < -0.39 is 19.3 Å². The molecule has 0 atom stereocenters. The first-order valence-corrected chi connectivity index (χ1v) is 4.33. The van der Waals surface area contributed by atoms with Crippen LogP contribution < -0.4 is 10.6 Å². The quantitative estimate of drug-likeness (QED) is 0.346. The van der Waals surface area contributed by atoms with Crippen molar-refractivity contribution in [2.75, 3.05) is 0 Å². The maximum Gasteiger partial charge on any atom is 0.364 e. The Labute approximate surface area is 69.1 Å². The minimum absolute atomic E-state index is 0.833. The van der Waals surface area contributed by atoms with Crippen molar-refractivity contribution in [1.29, 1.82) is 0 Å². The normalized spacial score (nSPS) is 11.5. The van der Waals surface area contributed by atoms with E-state index in [1.165, 1.54) is 0 Å². The summed E-state index contributed by atoms with van der Waals surface area (Å²) in [5.74, 6) is -0.868. The van der Waals surface area contributed by atoms with E-state index in [0.717, 1.165) is 0 Å². The Kier molecular flexibility index (Phi) is 5.33. The van der Waals surface area contributed by atoms with Crippen LogP contribution in [0.25, 0.3) is 0 Å². The minimum atomic E-state index is -4.89. The number of rotatable bonds is 1. The van der Waals surface area contributed by atoms with Gasteiger partial charge in [0, 0.05) is 13.8 Å². The lowest BCUT2D eigenvalue weighted by Crippen LogP contribution is -2.73. The molecule has 0 rings (SSSR count). The number of phosphoric acid groups is 1. The van der Waals surface area contributed by atoms with E-state index in [1.54, 1.807) is 13.8 Å². The Balaban J connectivity index is 0. The number of carboxylic acid groups (broad SMARTS) is 1. The SMILES string of the molecule is CC(C)([NH3+])C(=O)O.O=P([O-])(O)O.